The first-order chi connectivity index (χ1) is 12.0. The molecule has 0 aromatic carbocycles. The van der Waals surface area contributed by atoms with Crippen LogP contribution < -0.4 is 0 Å². The summed E-state index contributed by atoms with van der Waals surface area (Å²) in [5, 5.41) is 10.4. The maximum absolute atomic E-state index is 12.0. The molecule has 0 spiro atoms. The number of carbonyl (C=O) groups excluding carboxylic acids is 1. The zero-order valence-electron chi connectivity index (χ0n) is 14.9. The van der Waals surface area contributed by atoms with Crippen molar-refractivity contribution < 1.29 is 9.53 Å². The lowest BCUT2D eigenvalue weighted by atomic mass is 10.1. The lowest BCUT2D eigenvalue weighted by Crippen LogP contribution is -2.03. The highest BCUT2D eigenvalue weighted by Gasteiger charge is 2.24. The molecule has 0 aliphatic heterocycles. The quantitative estimate of drug-likeness (QED) is 0.639. The molecule has 1 N–H and O–H groups in total. The number of methoxy groups -OCH3 is 1. The van der Waals surface area contributed by atoms with Crippen LogP contribution in [0.1, 0.15) is 57.2 Å². The van der Waals surface area contributed by atoms with E-state index >= 15 is 0 Å². The summed E-state index contributed by atoms with van der Waals surface area (Å²) in [5.74, 6) is -0.351. The number of nitrogens with zero attached hydrogens (tertiary/aromatic N) is 2. The first-order valence-corrected chi connectivity index (χ1v) is 9.17. The van der Waals surface area contributed by atoms with Crippen LogP contribution in [-0.4, -0.2) is 23.0 Å². The Bertz CT molecular complexity index is 904. The van der Waals surface area contributed by atoms with E-state index in [2.05, 4.69) is 11.1 Å². The molecule has 3 rings (SSSR count). The van der Waals surface area contributed by atoms with E-state index < -0.39 is 0 Å². The van der Waals surface area contributed by atoms with Crippen molar-refractivity contribution in [2.45, 2.75) is 46.5 Å². The van der Waals surface area contributed by atoms with Crippen molar-refractivity contribution >= 4 is 22.9 Å². The fraction of sp³-hybridized carbons (Fsp3) is 0.421. The molecule has 0 amide bonds. The second-order valence-corrected chi connectivity index (χ2v) is 7.54. The number of hydrogen-bond acceptors (Lipinski definition) is 5. The Morgan fingerprint density at radius 2 is 1.96 bits per heavy atom. The fourth-order valence-corrected chi connectivity index (χ4v) is 4.42. The smallest absolute Gasteiger partial charge is 0.339 e. The van der Waals surface area contributed by atoms with Crippen LogP contribution in [0.25, 0.3) is 17.0 Å². The van der Waals surface area contributed by atoms with Gasteiger partial charge in [-0.1, -0.05) is 0 Å². The number of H-pyrrole nitrogens is 1. The summed E-state index contributed by atoms with van der Waals surface area (Å²) in [5.41, 5.74) is 5.73. The molecule has 1 aliphatic rings. The van der Waals surface area contributed by atoms with E-state index in [9.17, 15) is 10.1 Å². The number of aryl methyl sites for hydroxylation is 2. The zero-order valence-corrected chi connectivity index (χ0v) is 15.8. The molecule has 0 saturated heterocycles. The van der Waals surface area contributed by atoms with Crippen molar-refractivity contribution in [1.82, 2.24) is 9.97 Å². The number of carbonyl (C=O) groups is 1. The van der Waals surface area contributed by atoms with E-state index in [0.717, 1.165) is 63.8 Å². The molecule has 1 saturated carbocycles. The van der Waals surface area contributed by atoms with Gasteiger partial charge in [0.15, 0.2) is 0 Å². The molecule has 0 atom stereocenters. The Morgan fingerprint density at radius 1 is 1.28 bits per heavy atom. The summed E-state index contributed by atoms with van der Waals surface area (Å²) in [6.45, 7) is 5.75. The zero-order chi connectivity index (χ0) is 18.1. The van der Waals surface area contributed by atoms with Gasteiger partial charge in [0.1, 0.15) is 16.8 Å². The number of thiazole rings is 1. The molecule has 0 unspecified atom stereocenters. The number of rotatable bonds is 3. The van der Waals surface area contributed by atoms with E-state index in [4.69, 9.17) is 9.72 Å². The van der Waals surface area contributed by atoms with Gasteiger partial charge in [-0.05, 0) is 57.6 Å². The molecule has 1 fully saturated rings. The van der Waals surface area contributed by atoms with E-state index in [-0.39, 0.29) is 5.97 Å². The number of esters is 1. The van der Waals surface area contributed by atoms with Crippen LogP contribution in [0.4, 0.5) is 0 Å². The molecule has 2 heterocycles. The van der Waals surface area contributed by atoms with Gasteiger partial charge in [0.25, 0.3) is 0 Å². The minimum Gasteiger partial charge on any atom is -0.465 e. The average molecular weight is 355 g/mol. The Kier molecular flexibility index (Phi) is 4.78. The van der Waals surface area contributed by atoms with E-state index in [1.165, 1.54) is 24.0 Å². The number of aromatic nitrogens is 2. The number of hydrogen-bond donors (Lipinski definition) is 1. The van der Waals surface area contributed by atoms with Gasteiger partial charge in [0.2, 0.25) is 0 Å². The van der Waals surface area contributed by atoms with Crippen LogP contribution in [0.15, 0.2) is 5.57 Å². The van der Waals surface area contributed by atoms with E-state index in [1.807, 2.05) is 20.8 Å². The molecule has 2 aromatic rings. The Labute approximate surface area is 151 Å². The Morgan fingerprint density at radius 3 is 2.56 bits per heavy atom. The third-order valence-electron chi connectivity index (χ3n) is 4.75. The standard InChI is InChI=1S/C19H21N3O2S/c1-10-15(19(23)24-4)11(2)21-16(10)17-12(3)25-18(22-17)14(9-20)13-7-5-6-8-13/h21H,5-8H2,1-4H3. The van der Waals surface area contributed by atoms with Crippen LogP contribution in [0.5, 0.6) is 0 Å². The Hall–Kier alpha value is -2.39. The molecule has 25 heavy (non-hydrogen) atoms. The molecule has 1 aliphatic carbocycles. The van der Waals surface area contributed by atoms with Gasteiger partial charge in [-0.2, -0.15) is 5.26 Å². The van der Waals surface area contributed by atoms with Crippen molar-refractivity contribution in [3.8, 4) is 17.5 Å². The summed E-state index contributed by atoms with van der Waals surface area (Å²) >= 11 is 1.54. The maximum atomic E-state index is 12.0. The van der Waals surface area contributed by atoms with Crippen molar-refractivity contribution in [2.75, 3.05) is 7.11 Å². The third kappa shape index (κ3) is 3.00. The van der Waals surface area contributed by atoms with Gasteiger partial charge in [0.05, 0.1) is 23.9 Å². The highest BCUT2D eigenvalue weighted by molar-refractivity contribution is 7.13. The number of ether oxygens (including phenoxy) is 1. The van der Waals surface area contributed by atoms with Crippen molar-refractivity contribution in [2.24, 2.45) is 0 Å². The van der Waals surface area contributed by atoms with Gasteiger partial charge in [-0.3, -0.25) is 0 Å². The minimum atomic E-state index is -0.351. The van der Waals surface area contributed by atoms with Crippen LogP contribution in [-0.2, 0) is 4.74 Å². The van der Waals surface area contributed by atoms with Crippen molar-refractivity contribution in [3.05, 3.63) is 32.3 Å². The number of aromatic amines is 1. The highest BCUT2D eigenvalue weighted by Crippen LogP contribution is 2.37. The lowest BCUT2D eigenvalue weighted by molar-refractivity contribution is 0.0599. The maximum Gasteiger partial charge on any atom is 0.339 e. The van der Waals surface area contributed by atoms with E-state index in [0.29, 0.717) is 5.56 Å². The predicted molar refractivity (Wildman–Crippen MR) is 98.5 cm³/mol. The molecule has 6 heteroatoms. The monoisotopic (exact) mass is 355 g/mol. The molecular formula is C19H21N3O2S. The minimum absolute atomic E-state index is 0.351. The summed E-state index contributed by atoms with van der Waals surface area (Å²) in [4.78, 5) is 21.1. The number of nitrogens with one attached hydrogen (secondary N) is 1. The van der Waals surface area contributed by atoms with Gasteiger partial charge >= 0.3 is 5.97 Å². The Balaban J connectivity index is 2.09. The summed E-state index contributed by atoms with van der Waals surface area (Å²) in [6.07, 6.45) is 4.28. The van der Waals surface area contributed by atoms with Crippen LogP contribution in [0.2, 0.25) is 0 Å². The summed E-state index contributed by atoms with van der Waals surface area (Å²) in [6, 6.07) is 2.35. The second kappa shape index (κ2) is 6.85. The SMILES string of the molecule is COC(=O)c1c(C)[nH]c(-c2nc(C(C#N)=C3CCCC3)sc2C)c1C. The molecule has 0 radical (unpaired) electrons. The first-order valence-electron chi connectivity index (χ1n) is 8.35. The van der Waals surface area contributed by atoms with Crippen molar-refractivity contribution in [3.63, 3.8) is 0 Å². The highest BCUT2D eigenvalue weighted by atomic mass is 32.1. The second-order valence-electron chi connectivity index (χ2n) is 6.34. The number of nitriles is 1. The van der Waals surface area contributed by atoms with Gasteiger partial charge in [-0.25, -0.2) is 9.78 Å². The van der Waals surface area contributed by atoms with Crippen molar-refractivity contribution in [1.29, 1.82) is 5.26 Å². The van der Waals surface area contributed by atoms with E-state index in [1.54, 1.807) is 0 Å². The average Bonchev–Trinajstić information content (AvgIpc) is 3.29. The van der Waals surface area contributed by atoms with Crippen LogP contribution in [0.3, 0.4) is 0 Å². The summed E-state index contributed by atoms with van der Waals surface area (Å²) < 4.78 is 4.88. The topological polar surface area (TPSA) is 78.8 Å². The van der Waals surface area contributed by atoms with Gasteiger partial charge in [0, 0.05) is 10.6 Å². The molecule has 130 valence electrons. The predicted octanol–water partition coefficient (Wildman–Crippen LogP) is 4.70. The fourth-order valence-electron chi connectivity index (χ4n) is 3.46. The van der Waals surface area contributed by atoms with Crippen LogP contribution >= 0.6 is 11.3 Å². The molecular weight excluding hydrogens is 334 g/mol. The molecule has 0 bridgehead atoms. The molecule has 5 nitrogen and oxygen atoms in total. The number of allylic oxidation sites excluding steroid dienone is 2. The van der Waals surface area contributed by atoms with Gasteiger partial charge in [-0.15, -0.1) is 11.3 Å². The lowest BCUT2D eigenvalue weighted by Gasteiger charge is -2.01. The molecule has 2 aromatic heterocycles. The first kappa shape index (κ1) is 17.4. The normalized spacial score (nSPS) is 13.8. The van der Waals surface area contributed by atoms with Gasteiger partial charge < -0.3 is 9.72 Å². The summed E-state index contributed by atoms with van der Waals surface area (Å²) in [7, 11) is 1.38. The largest absolute Gasteiger partial charge is 0.465 e. The van der Waals surface area contributed by atoms with Crippen LogP contribution in [0, 0.1) is 32.1 Å². The third-order valence-corrected chi connectivity index (χ3v) is 5.74.